The number of halogens is 2. The summed E-state index contributed by atoms with van der Waals surface area (Å²) in [7, 11) is 3.32. The van der Waals surface area contributed by atoms with Gasteiger partial charge in [0.05, 0.1) is 46.5 Å². The fourth-order valence-corrected chi connectivity index (χ4v) is 9.47. The van der Waals surface area contributed by atoms with Crippen molar-refractivity contribution in [2.24, 2.45) is 0 Å². The Morgan fingerprint density at radius 2 is 1.64 bits per heavy atom. The minimum atomic E-state index is -0.765. The van der Waals surface area contributed by atoms with E-state index in [0.29, 0.717) is 92.2 Å². The monoisotopic (exact) mass is 909 g/mol. The molecular formula is C48H57Cl2N9O5. The van der Waals surface area contributed by atoms with Crippen LogP contribution in [0.5, 0.6) is 5.75 Å². The van der Waals surface area contributed by atoms with E-state index in [4.69, 9.17) is 32.7 Å². The smallest absolute Gasteiger partial charge is 0.323 e. The number of nitrogens with zero attached hydrogens (tertiary/aromatic N) is 8. The van der Waals surface area contributed by atoms with Crippen LogP contribution in [0.2, 0.25) is 10.0 Å². The Kier molecular flexibility index (Phi) is 15.7. The van der Waals surface area contributed by atoms with E-state index in [2.05, 4.69) is 60.0 Å². The second kappa shape index (κ2) is 21.5. The molecule has 338 valence electrons. The third-order valence-corrected chi connectivity index (χ3v) is 13.5. The molecule has 2 aliphatic rings. The van der Waals surface area contributed by atoms with Gasteiger partial charge in [0.2, 0.25) is 5.91 Å². The first kappa shape index (κ1) is 46.6. The van der Waals surface area contributed by atoms with Gasteiger partial charge in [0, 0.05) is 39.1 Å². The lowest BCUT2D eigenvalue weighted by atomic mass is 9.72. The van der Waals surface area contributed by atoms with Crippen molar-refractivity contribution in [2.45, 2.75) is 62.9 Å². The number of rotatable bonds is 17. The van der Waals surface area contributed by atoms with Crippen LogP contribution >= 0.6 is 23.2 Å². The average Bonchev–Trinajstić information content (AvgIpc) is 3.88. The molecule has 1 N–H and O–H groups in total. The van der Waals surface area contributed by atoms with Gasteiger partial charge in [0.15, 0.2) is 0 Å². The lowest BCUT2D eigenvalue weighted by molar-refractivity contribution is -0.152. The van der Waals surface area contributed by atoms with E-state index in [-0.39, 0.29) is 35.8 Å². The van der Waals surface area contributed by atoms with E-state index >= 15 is 0 Å². The number of amides is 2. The number of likely N-dealkylation sites (tertiary alicyclic amines) is 1. The van der Waals surface area contributed by atoms with Gasteiger partial charge in [-0.15, -0.1) is 5.10 Å². The molecule has 64 heavy (non-hydrogen) atoms. The third kappa shape index (κ3) is 10.6. The fourth-order valence-electron chi connectivity index (χ4n) is 9.17. The molecule has 3 unspecified atom stereocenters. The van der Waals surface area contributed by atoms with Crippen molar-refractivity contribution in [3.05, 3.63) is 136 Å². The highest BCUT2D eigenvalue weighted by molar-refractivity contribution is 6.42. The molecule has 1 aromatic heterocycles. The van der Waals surface area contributed by atoms with Crippen molar-refractivity contribution in [3.8, 4) is 11.4 Å². The standard InChI is InChI=1S/C48H57Cl2N9O5/c1-5-42(46(61)64-6-2)57-27-28-58(43(32-57)34-13-9-7-10-14-34)52-47(62)48(37-15-11-8-12-16-37)22-25-56(26-23-48)24-21-36(35-17-19-40(49)41(50)29-35)31-55(3)45(60)39-30-38(18-20-44(39)63-4)59-33-51-53-54-59/h7-20,29-30,33,36,42-43H,5-6,21-28,31-32H2,1-4H3,(H,52,62). The highest BCUT2D eigenvalue weighted by Gasteiger charge is 2.45. The van der Waals surface area contributed by atoms with Gasteiger partial charge in [0.1, 0.15) is 18.1 Å². The molecule has 0 saturated carbocycles. The molecule has 4 aromatic carbocycles. The predicted octanol–water partition coefficient (Wildman–Crippen LogP) is 6.99. The summed E-state index contributed by atoms with van der Waals surface area (Å²) in [4.78, 5) is 48.4. The minimum absolute atomic E-state index is 0.0291. The molecule has 0 radical (unpaired) electrons. The first-order valence-electron chi connectivity index (χ1n) is 22.0. The van der Waals surface area contributed by atoms with Crippen LogP contribution in [0.1, 0.15) is 78.5 Å². The Labute approximate surface area is 385 Å². The second-order valence-corrected chi connectivity index (χ2v) is 17.3. The largest absolute Gasteiger partial charge is 0.496 e. The Bertz CT molecular complexity index is 2330. The topological polar surface area (TPSA) is 138 Å². The number of hydrogen-bond donors (Lipinski definition) is 1. The zero-order valence-electron chi connectivity index (χ0n) is 36.9. The van der Waals surface area contributed by atoms with Crippen LogP contribution in [-0.4, -0.2) is 130 Å². The van der Waals surface area contributed by atoms with Crippen LogP contribution in [0.15, 0.2) is 103 Å². The van der Waals surface area contributed by atoms with Gasteiger partial charge < -0.3 is 19.3 Å². The summed E-state index contributed by atoms with van der Waals surface area (Å²) in [6.07, 6.45) is 4.06. The van der Waals surface area contributed by atoms with Gasteiger partial charge in [-0.1, -0.05) is 96.9 Å². The highest BCUT2D eigenvalue weighted by atomic mass is 35.5. The van der Waals surface area contributed by atoms with Crippen LogP contribution in [0, 0.1) is 0 Å². The molecule has 5 aromatic rings. The Morgan fingerprint density at radius 1 is 0.906 bits per heavy atom. The van der Waals surface area contributed by atoms with Gasteiger partial charge in [-0.25, -0.2) is 9.69 Å². The number of likely N-dealkylation sites (N-methyl/N-ethyl adjacent to an activating group) is 1. The van der Waals surface area contributed by atoms with E-state index < -0.39 is 5.41 Å². The number of carbonyl (C=O) groups is 3. The summed E-state index contributed by atoms with van der Waals surface area (Å²) in [5.41, 5.74) is 6.70. The molecule has 7 rings (SSSR count). The predicted molar refractivity (Wildman–Crippen MR) is 247 cm³/mol. The van der Waals surface area contributed by atoms with Crippen molar-refractivity contribution in [3.63, 3.8) is 0 Å². The normalized spacial score (nSPS) is 17.9. The summed E-state index contributed by atoms with van der Waals surface area (Å²) in [5.74, 6) is -0.105. The van der Waals surface area contributed by atoms with Crippen LogP contribution in [0.4, 0.5) is 0 Å². The molecule has 3 atom stereocenters. The van der Waals surface area contributed by atoms with Gasteiger partial charge in [0.25, 0.3) is 5.91 Å². The molecule has 14 nitrogen and oxygen atoms in total. The van der Waals surface area contributed by atoms with Crippen LogP contribution in [0.3, 0.4) is 0 Å². The van der Waals surface area contributed by atoms with Crippen LogP contribution < -0.4 is 10.2 Å². The number of aromatic nitrogens is 4. The molecule has 0 aliphatic carbocycles. The first-order chi connectivity index (χ1) is 31.0. The lowest BCUT2D eigenvalue weighted by Crippen LogP contribution is -2.61. The van der Waals surface area contributed by atoms with Crippen molar-refractivity contribution >= 4 is 41.0 Å². The van der Waals surface area contributed by atoms with Gasteiger partial charge >= 0.3 is 5.97 Å². The molecule has 16 heteroatoms. The minimum Gasteiger partial charge on any atom is -0.496 e. The molecule has 2 saturated heterocycles. The molecule has 2 amide bonds. The Balaban J connectivity index is 1.07. The number of carbonyl (C=O) groups excluding carboxylic acids is 3. The second-order valence-electron chi connectivity index (χ2n) is 16.5. The summed E-state index contributed by atoms with van der Waals surface area (Å²) in [5, 5.41) is 14.4. The molecule has 0 bridgehead atoms. The van der Waals surface area contributed by atoms with E-state index in [1.165, 1.54) is 18.1 Å². The fraction of sp³-hybridized carbons (Fsp3) is 0.417. The number of hydrogen-bond acceptors (Lipinski definition) is 11. The maximum atomic E-state index is 14.9. The lowest BCUT2D eigenvalue weighted by Gasteiger charge is -2.46. The number of nitrogens with one attached hydrogen (secondary N) is 1. The number of esters is 1. The van der Waals surface area contributed by atoms with E-state index in [9.17, 15) is 14.4 Å². The number of piperidine rings is 1. The number of ether oxygens (including phenoxy) is 2. The van der Waals surface area contributed by atoms with Crippen molar-refractivity contribution < 1.29 is 23.9 Å². The van der Waals surface area contributed by atoms with Gasteiger partial charge in [-0.05, 0) is 110 Å². The Hall–Kier alpha value is -5.38. The summed E-state index contributed by atoms with van der Waals surface area (Å²) >= 11 is 12.9. The Morgan fingerprint density at radius 3 is 2.30 bits per heavy atom. The van der Waals surface area contributed by atoms with Crippen molar-refractivity contribution in [2.75, 3.05) is 66.6 Å². The maximum Gasteiger partial charge on any atom is 0.323 e. The maximum absolute atomic E-state index is 14.9. The molecule has 3 heterocycles. The summed E-state index contributed by atoms with van der Waals surface area (Å²) in [6, 6.07) is 30.6. The quantitative estimate of drug-likeness (QED) is 0.0967. The SMILES string of the molecule is CCOC(=O)C(CC)N1CCN(NC(=O)C2(c3ccccc3)CCN(CCC(CN(C)C(=O)c3cc(-n4cnnn4)ccc3OC)c3ccc(Cl)c(Cl)c3)CC2)C(c2ccccc2)C1. The van der Waals surface area contributed by atoms with Crippen molar-refractivity contribution in [1.82, 2.24) is 45.3 Å². The number of hydrazine groups is 1. The van der Waals surface area contributed by atoms with E-state index in [1.807, 2.05) is 62.4 Å². The molecule has 0 spiro atoms. The van der Waals surface area contributed by atoms with E-state index in [1.54, 1.807) is 36.2 Å². The number of piperazine rings is 1. The van der Waals surface area contributed by atoms with Crippen LogP contribution in [0.25, 0.3) is 5.69 Å². The first-order valence-corrected chi connectivity index (χ1v) is 22.7. The molecular weight excluding hydrogens is 853 g/mol. The van der Waals surface area contributed by atoms with Crippen LogP contribution in [-0.2, 0) is 19.7 Å². The highest BCUT2D eigenvalue weighted by Crippen LogP contribution is 2.38. The molecule has 2 aliphatic heterocycles. The average molecular weight is 911 g/mol. The number of methoxy groups -OCH3 is 1. The number of tetrazole rings is 1. The van der Waals surface area contributed by atoms with Crippen molar-refractivity contribution in [1.29, 1.82) is 0 Å². The molecule has 2 fully saturated rings. The van der Waals surface area contributed by atoms with E-state index in [0.717, 1.165) is 29.7 Å². The number of benzene rings is 4. The summed E-state index contributed by atoms with van der Waals surface area (Å²) < 4.78 is 12.5. The zero-order chi connectivity index (χ0) is 45.2. The third-order valence-electron chi connectivity index (χ3n) is 12.8. The zero-order valence-corrected chi connectivity index (χ0v) is 38.4. The van der Waals surface area contributed by atoms with Gasteiger partial charge in [-0.2, -0.15) is 0 Å². The summed E-state index contributed by atoms with van der Waals surface area (Å²) in [6.45, 7) is 8.40. The van der Waals surface area contributed by atoms with Gasteiger partial charge in [-0.3, -0.25) is 24.7 Å².